The topological polar surface area (TPSA) is 0 Å². The molecule has 0 radical (unpaired) electrons. The van der Waals surface area contributed by atoms with Crippen molar-refractivity contribution in [1.29, 1.82) is 0 Å². The minimum Gasteiger partial charge on any atom is -0.171 e. The molecule has 15 heavy (non-hydrogen) atoms. The maximum absolute atomic E-state index is 12.7. The molecule has 0 saturated heterocycles. The molecular formula is C12H13F3. The largest absolute Gasteiger partial charge is 0.392 e. The first-order valence-electron chi connectivity index (χ1n) is 5.14. The van der Waals surface area contributed by atoms with Crippen molar-refractivity contribution >= 4 is 0 Å². The van der Waals surface area contributed by atoms with Crippen molar-refractivity contribution in [3.8, 4) is 0 Å². The van der Waals surface area contributed by atoms with E-state index in [4.69, 9.17) is 0 Å². The van der Waals surface area contributed by atoms with E-state index < -0.39 is 18.0 Å². The Morgan fingerprint density at radius 2 is 1.87 bits per heavy atom. The van der Waals surface area contributed by atoms with Gasteiger partial charge in [0.1, 0.15) is 0 Å². The standard InChI is InChI=1S/C12H13F3/c1-8-10-5-3-2-4-9(10)6-7-11(8)12(13,14)15/h2-5,8,11H,6-7H2,1H3/t8-,11+/m1/s1. The van der Waals surface area contributed by atoms with Gasteiger partial charge in [-0.2, -0.15) is 13.2 Å². The van der Waals surface area contributed by atoms with E-state index in [1.165, 1.54) is 0 Å². The van der Waals surface area contributed by atoms with Gasteiger partial charge in [0.25, 0.3) is 0 Å². The van der Waals surface area contributed by atoms with E-state index in [1.54, 1.807) is 6.92 Å². The van der Waals surface area contributed by atoms with Crippen LogP contribution in [-0.4, -0.2) is 6.18 Å². The van der Waals surface area contributed by atoms with Crippen LogP contribution >= 0.6 is 0 Å². The lowest BCUT2D eigenvalue weighted by Crippen LogP contribution is -2.31. The van der Waals surface area contributed by atoms with Crippen molar-refractivity contribution in [2.75, 3.05) is 0 Å². The molecule has 0 nitrogen and oxygen atoms in total. The highest BCUT2D eigenvalue weighted by atomic mass is 19.4. The summed E-state index contributed by atoms with van der Waals surface area (Å²) in [5.41, 5.74) is 1.94. The minimum absolute atomic E-state index is 0.224. The first kappa shape index (κ1) is 10.5. The van der Waals surface area contributed by atoms with Crippen molar-refractivity contribution < 1.29 is 13.2 Å². The van der Waals surface area contributed by atoms with Crippen LogP contribution in [0.2, 0.25) is 0 Å². The lowest BCUT2D eigenvalue weighted by molar-refractivity contribution is -0.182. The number of hydrogen-bond donors (Lipinski definition) is 0. The predicted molar refractivity (Wildman–Crippen MR) is 52.7 cm³/mol. The molecule has 0 bridgehead atoms. The predicted octanol–water partition coefficient (Wildman–Crippen LogP) is 3.91. The third-order valence-electron chi connectivity index (χ3n) is 3.29. The smallest absolute Gasteiger partial charge is 0.171 e. The lowest BCUT2D eigenvalue weighted by atomic mass is 9.76. The Morgan fingerprint density at radius 3 is 2.53 bits per heavy atom. The highest BCUT2D eigenvalue weighted by Gasteiger charge is 2.45. The molecule has 1 aromatic carbocycles. The van der Waals surface area contributed by atoms with Gasteiger partial charge >= 0.3 is 6.18 Å². The number of halogens is 3. The van der Waals surface area contributed by atoms with Gasteiger partial charge in [0, 0.05) is 0 Å². The van der Waals surface area contributed by atoms with Crippen LogP contribution < -0.4 is 0 Å². The van der Waals surface area contributed by atoms with Gasteiger partial charge < -0.3 is 0 Å². The molecule has 82 valence electrons. The Bertz CT molecular complexity index is 354. The first-order valence-corrected chi connectivity index (χ1v) is 5.14. The Labute approximate surface area is 87.1 Å². The molecule has 2 rings (SSSR count). The highest BCUT2D eigenvalue weighted by molar-refractivity contribution is 5.33. The van der Waals surface area contributed by atoms with Gasteiger partial charge in [-0.1, -0.05) is 31.2 Å². The zero-order chi connectivity index (χ0) is 11.1. The minimum atomic E-state index is -4.06. The molecule has 0 N–H and O–H groups in total. The molecule has 0 amide bonds. The van der Waals surface area contributed by atoms with Crippen LogP contribution in [0.5, 0.6) is 0 Å². The summed E-state index contributed by atoms with van der Waals surface area (Å²) in [6.45, 7) is 1.68. The molecule has 0 unspecified atom stereocenters. The average molecular weight is 214 g/mol. The Morgan fingerprint density at radius 1 is 1.20 bits per heavy atom. The number of alkyl halides is 3. The number of aryl methyl sites for hydroxylation is 1. The summed E-state index contributed by atoms with van der Waals surface area (Å²) in [7, 11) is 0. The molecule has 0 fully saturated rings. The molecule has 1 aliphatic rings. The number of rotatable bonds is 0. The quantitative estimate of drug-likeness (QED) is 0.614. The zero-order valence-corrected chi connectivity index (χ0v) is 8.51. The summed E-state index contributed by atoms with van der Waals surface area (Å²) >= 11 is 0. The van der Waals surface area contributed by atoms with Crippen LogP contribution in [0.15, 0.2) is 24.3 Å². The van der Waals surface area contributed by atoms with Crippen molar-refractivity contribution in [3.05, 3.63) is 35.4 Å². The molecule has 0 aliphatic heterocycles. The maximum atomic E-state index is 12.7. The van der Waals surface area contributed by atoms with Crippen molar-refractivity contribution in [2.24, 2.45) is 5.92 Å². The second-order valence-electron chi connectivity index (χ2n) is 4.17. The number of hydrogen-bond acceptors (Lipinski definition) is 0. The Kier molecular flexibility index (Phi) is 2.49. The van der Waals surface area contributed by atoms with E-state index in [2.05, 4.69) is 0 Å². The van der Waals surface area contributed by atoms with Gasteiger partial charge in [-0.25, -0.2) is 0 Å². The Balaban J connectivity index is 2.34. The van der Waals surface area contributed by atoms with Crippen LogP contribution in [0, 0.1) is 5.92 Å². The van der Waals surface area contributed by atoms with Crippen LogP contribution in [0.25, 0.3) is 0 Å². The molecule has 0 heterocycles. The lowest BCUT2D eigenvalue weighted by Gasteiger charge is -2.32. The molecule has 1 aliphatic carbocycles. The molecule has 3 heteroatoms. The zero-order valence-electron chi connectivity index (χ0n) is 8.51. The summed E-state index contributed by atoms with van der Waals surface area (Å²) in [6.07, 6.45) is -3.29. The Hall–Kier alpha value is -0.990. The van der Waals surface area contributed by atoms with E-state index in [9.17, 15) is 13.2 Å². The van der Waals surface area contributed by atoms with Crippen molar-refractivity contribution in [3.63, 3.8) is 0 Å². The van der Waals surface area contributed by atoms with Crippen LogP contribution in [0.4, 0.5) is 13.2 Å². The molecule has 0 saturated carbocycles. The second-order valence-corrected chi connectivity index (χ2v) is 4.17. The maximum Gasteiger partial charge on any atom is 0.392 e. The summed E-state index contributed by atoms with van der Waals surface area (Å²) in [5, 5.41) is 0. The first-order chi connectivity index (χ1) is 7.00. The second kappa shape index (κ2) is 3.54. The van der Waals surface area contributed by atoms with Gasteiger partial charge in [0.15, 0.2) is 0 Å². The average Bonchev–Trinajstić information content (AvgIpc) is 2.16. The third kappa shape index (κ3) is 1.87. The molecule has 0 aromatic heterocycles. The van der Waals surface area contributed by atoms with Crippen molar-refractivity contribution in [1.82, 2.24) is 0 Å². The van der Waals surface area contributed by atoms with Gasteiger partial charge in [0.05, 0.1) is 5.92 Å². The van der Waals surface area contributed by atoms with Crippen LogP contribution in [-0.2, 0) is 6.42 Å². The number of fused-ring (bicyclic) bond motifs is 1. The summed E-state index contributed by atoms with van der Waals surface area (Å²) in [6, 6.07) is 7.45. The normalized spacial score (nSPS) is 26.1. The van der Waals surface area contributed by atoms with Gasteiger partial charge in [-0.05, 0) is 29.9 Å². The molecule has 0 spiro atoms. The van der Waals surface area contributed by atoms with E-state index in [1.807, 2.05) is 24.3 Å². The number of benzene rings is 1. The fourth-order valence-corrected chi connectivity index (χ4v) is 2.43. The SMILES string of the molecule is C[C@@H]1c2ccccc2CC[C@@H]1C(F)(F)F. The van der Waals surface area contributed by atoms with Crippen LogP contribution in [0.1, 0.15) is 30.4 Å². The molecule has 2 atom stereocenters. The molecule has 1 aromatic rings. The van der Waals surface area contributed by atoms with Gasteiger partial charge in [0.2, 0.25) is 0 Å². The van der Waals surface area contributed by atoms with E-state index in [0.717, 1.165) is 11.1 Å². The van der Waals surface area contributed by atoms with Crippen LogP contribution in [0.3, 0.4) is 0 Å². The summed E-state index contributed by atoms with van der Waals surface area (Å²) in [4.78, 5) is 0. The third-order valence-corrected chi connectivity index (χ3v) is 3.29. The monoisotopic (exact) mass is 214 g/mol. The van der Waals surface area contributed by atoms with Gasteiger partial charge in [-0.15, -0.1) is 0 Å². The fraction of sp³-hybridized carbons (Fsp3) is 0.500. The van der Waals surface area contributed by atoms with E-state index in [-0.39, 0.29) is 6.42 Å². The fourth-order valence-electron chi connectivity index (χ4n) is 2.43. The van der Waals surface area contributed by atoms with E-state index >= 15 is 0 Å². The van der Waals surface area contributed by atoms with E-state index in [0.29, 0.717) is 6.42 Å². The highest BCUT2D eigenvalue weighted by Crippen LogP contribution is 2.44. The van der Waals surface area contributed by atoms with Crippen molar-refractivity contribution in [2.45, 2.75) is 31.9 Å². The van der Waals surface area contributed by atoms with Gasteiger partial charge in [-0.3, -0.25) is 0 Å². The molecular weight excluding hydrogens is 201 g/mol. The summed E-state index contributed by atoms with van der Waals surface area (Å²) < 4.78 is 38.1. The summed E-state index contributed by atoms with van der Waals surface area (Å²) in [5.74, 6) is -1.58.